The van der Waals surface area contributed by atoms with Crippen molar-refractivity contribution >= 4 is 29.9 Å². The maximum absolute atomic E-state index is 13.7. The number of aromatic nitrogens is 2. The lowest BCUT2D eigenvalue weighted by Crippen LogP contribution is -2.36. The molecule has 5 nitrogen and oxygen atoms in total. The van der Waals surface area contributed by atoms with E-state index in [1.807, 2.05) is 42.1 Å². The van der Waals surface area contributed by atoms with Crippen molar-refractivity contribution < 1.29 is 4.39 Å². The summed E-state index contributed by atoms with van der Waals surface area (Å²) in [6.07, 6.45) is 3.67. The second-order valence-corrected chi connectivity index (χ2v) is 6.25. The first kappa shape index (κ1) is 21.9. The van der Waals surface area contributed by atoms with Crippen molar-refractivity contribution in [3.05, 3.63) is 83.4 Å². The van der Waals surface area contributed by atoms with E-state index in [9.17, 15) is 4.39 Å². The number of nitrogens with zero attached hydrogens (tertiary/aromatic N) is 3. The van der Waals surface area contributed by atoms with Gasteiger partial charge in [0.15, 0.2) is 5.96 Å². The quantitative estimate of drug-likeness (QED) is 0.308. The van der Waals surface area contributed by atoms with Gasteiger partial charge in [0.2, 0.25) is 0 Å². The van der Waals surface area contributed by atoms with Crippen molar-refractivity contribution in [3.63, 3.8) is 0 Å². The van der Waals surface area contributed by atoms with Gasteiger partial charge in [0.1, 0.15) is 5.82 Å². The van der Waals surface area contributed by atoms with Crippen molar-refractivity contribution in [1.82, 2.24) is 20.4 Å². The van der Waals surface area contributed by atoms with Gasteiger partial charge >= 0.3 is 0 Å². The van der Waals surface area contributed by atoms with Crippen LogP contribution in [-0.4, -0.2) is 22.3 Å². The third-order valence-electron chi connectivity index (χ3n) is 4.17. The smallest absolute Gasteiger partial charge is 0.191 e. The molecule has 0 spiro atoms. The average molecular weight is 493 g/mol. The fourth-order valence-electron chi connectivity index (χ4n) is 2.62. The molecule has 0 atom stereocenters. The molecular formula is C21H25FIN5. The summed E-state index contributed by atoms with van der Waals surface area (Å²) in [6.45, 7) is 5.60. The highest BCUT2D eigenvalue weighted by Gasteiger charge is 2.02. The molecule has 0 amide bonds. The van der Waals surface area contributed by atoms with Crippen molar-refractivity contribution in [2.24, 2.45) is 4.99 Å². The van der Waals surface area contributed by atoms with Crippen LogP contribution in [0.4, 0.5) is 4.39 Å². The molecule has 0 unspecified atom stereocenters. The summed E-state index contributed by atoms with van der Waals surface area (Å²) in [5.41, 5.74) is 3.65. The minimum absolute atomic E-state index is 0. The highest BCUT2D eigenvalue weighted by Crippen LogP contribution is 2.10. The molecule has 0 aliphatic carbocycles. The van der Waals surface area contributed by atoms with Crippen LogP contribution in [0.3, 0.4) is 0 Å². The SMILES string of the molecule is CCNC(=NCc1ccc(C)c(F)c1)NCc1ccc(-n2cccn2)cc1.I. The number of hydrogen-bond donors (Lipinski definition) is 2. The molecule has 28 heavy (non-hydrogen) atoms. The standard InChI is InChI=1S/C21H24FN5.HI/c1-3-23-21(25-15-18-6-5-16(2)20(22)13-18)24-14-17-7-9-19(10-8-17)27-12-4-11-26-27;/h4-13H,3,14-15H2,1-2H3,(H2,23,24,25);1H. The molecule has 1 aromatic heterocycles. The summed E-state index contributed by atoms with van der Waals surface area (Å²) in [5.74, 6) is 0.507. The van der Waals surface area contributed by atoms with Crippen LogP contribution in [0.2, 0.25) is 0 Å². The number of aliphatic imine (C=N–C) groups is 1. The highest BCUT2D eigenvalue weighted by atomic mass is 127. The Bertz CT molecular complexity index is 892. The zero-order valence-corrected chi connectivity index (χ0v) is 18.4. The van der Waals surface area contributed by atoms with Crippen LogP contribution in [-0.2, 0) is 13.1 Å². The number of guanidine groups is 1. The van der Waals surface area contributed by atoms with Gasteiger partial charge in [-0.3, -0.25) is 0 Å². The van der Waals surface area contributed by atoms with Crippen molar-refractivity contribution in [2.45, 2.75) is 26.9 Å². The summed E-state index contributed by atoms with van der Waals surface area (Å²) in [6, 6.07) is 15.3. The molecule has 0 aliphatic rings. The Morgan fingerprint density at radius 3 is 2.50 bits per heavy atom. The summed E-state index contributed by atoms with van der Waals surface area (Å²) in [4.78, 5) is 4.54. The normalized spacial score (nSPS) is 11.0. The van der Waals surface area contributed by atoms with E-state index in [0.717, 1.165) is 23.4 Å². The number of aryl methyl sites for hydroxylation is 1. The molecular weight excluding hydrogens is 468 g/mol. The minimum Gasteiger partial charge on any atom is -0.357 e. The Hall–Kier alpha value is -2.42. The van der Waals surface area contributed by atoms with E-state index in [2.05, 4.69) is 32.9 Å². The topological polar surface area (TPSA) is 54.2 Å². The van der Waals surface area contributed by atoms with Crippen molar-refractivity contribution in [3.8, 4) is 5.69 Å². The second-order valence-electron chi connectivity index (χ2n) is 6.25. The Morgan fingerprint density at radius 1 is 1.11 bits per heavy atom. The number of halogens is 2. The van der Waals surface area contributed by atoms with E-state index in [0.29, 0.717) is 24.6 Å². The summed E-state index contributed by atoms with van der Waals surface area (Å²) in [5, 5.41) is 10.7. The van der Waals surface area contributed by atoms with Gasteiger partial charge in [-0.25, -0.2) is 14.1 Å². The molecule has 1 heterocycles. The Balaban J connectivity index is 0.00000280. The Labute approximate surface area is 182 Å². The molecule has 0 bridgehead atoms. The van der Waals surface area contributed by atoms with Gasteiger partial charge in [0.25, 0.3) is 0 Å². The zero-order valence-electron chi connectivity index (χ0n) is 16.0. The van der Waals surface area contributed by atoms with Crippen LogP contribution in [0.15, 0.2) is 65.9 Å². The van der Waals surface area contributed by atoms with Crippen LogP contribution < -0.4 is 10.6 Å². The predicted octanol–water partition coefficient (Wildman–Crippen LogP) is 4.19. The van der Waals surface area contributed by atoms with E-state index >= 15 is 0 Å². The van der Waals surface area contributed by atoms with Crippen LogP contribution in [0, 0.1) is 12.7 Å². The lowest BCUT2D eigenvalue weighted by Gasteiger charge is -2.12. The summed E-state index contributed by atoms with van der Waals surface area (Å²) < 4.78 is 15.5. The molecule has 2 N–H and O–H groups in total. The van der Waals surface area contributed by atoms with Crippen LogP contribution in [0.25, 0.3) is 5.69 Å². The summed E-state index contributed by atoms with van der Waals surface area (Å²) >= 11 is 0. The maximum Gasteiger partial charge on any atom is 0.191 e. The number of rotatable bonds is 6. The van der Waals surface area contributed by atoms with Gasteiger partial charge in [-0.2, -0.15) is 5.10 Å². The summed E-state index contributed by atoms with van der Waals surface area (Å²) in [7, 11) is 0. The monoisotopic (exact) mass is 493 g/mol. The molecule has 3 rings (SSSR count). The fourth-order valence-corrected chi connectivity index (χ4v) is 2.62. The number of benzene rings is 2. The molecule has 0 aliphatic heterocycles. The fraction of sp³-hybridized carbons (Fsp3) is 0.238. The van der Waals surface area contributed by atoms with Crippen LogP contribution in [0.1, 0.15) is 23.6 Å². The van der Waals surface area contributed by atoms with Crippen LogP contribution >= 0.6 is 24.0 Å². The van der Waals surface area contributed by atoms with Gasteiger partial charge in [-0.1, -0.05) is 24.3 Å². The van der Waals surface area contributed by atoms with E-state index in [-0.39, 0.29) is 29.8 Å². The first-order chi connectivity index (χ1) is 13.2. The Kier molecular flexibility index (Phi) is 8.43. The van der Waals surface area contributed by atoms with E-state index in [1.54, 1.807) is 19.2 Å². The molecule has 3 aromatic rings. The van der Waals surface area contributed by atoms with Gasteiger partial charge in [0, 0.05) is 25.5 Å². The van der Waals surface area contributed by atoms with Gasteiger partial charge in [-0.05, 0) is 54.8 Å². The van der Waals surface area contributed by atoms with Crippen LogP contribution in [0.5, 0.6) is 0 Å². The van der Waals surface area contributed by atoms with Gasteiger partial charge in [-0.15, -0.1) is 24.0 Å². The average Bonchev–Trinajstić information content (AvgIpc) is 3.22. The minimum atomic E-state index is -0.196. The lowest BCUT2D eigenvalue weighted by molar-refractivity contribution is 0.616. The molecule has 0 saturated carbocycles. The van der Waals surface area contributed by atoms with Gasteiger partial charge in [0.05, 0.1) is 12.2 Å². The molecule has 148 valence electrons. The van der Waals surface area contributed by atoms with Crippen molar-refractivity contribution in [2.75, 3.05) is 6.54 Å². The Morgan fingerprint density at radius 2 is 1.86 bits per heavy atom. The molecule has 0 fully saturated rings. The number of hydrogen-bond acceptors (Lipinski definition) is 2. The highest BCUT2D eigenvalue weighted by molar-refractivity contribution is 14.0. The van der Waals surface area contributed by atoms with Crippen molar-refractivity contribution in [1.29, 1.82) is 0 Å². The van der Waals surface area contributed by atoms with E-state index < -0.39 is 0 Å². The third kappa shape index (κ3) is 6.05. The molecule has 2 aromatic carbocycles. The first-order valence-corrected chi connectivity index (χ1v) is 9.02. The zero-order chi connectivity index (χ0) is 19.1. The number of nitrogens with one attached hydrogen (secondary N) is 2. The molecule has 0 radical (unpaired) electrons. The maximum atomic E-state index is 13.7. The molecule has 0 saturated heterocycles. The first-order valence-electron chi connectivity index (χ1n) is 9.02. The lowest BCUT2D eigenvalue weighted by atomic mass is 10.1. The second kappa shape index (κ2) is 10.8. The van der Waals surface area contributed by atoms with E-state index in [4.69, 9.17) is 0 Å². The predicted molar refractivity (Wildman–Crippen MR) is 122 cm³/mol. The largest absolute Gasteiger partial charge is 0.357 e. The van der Waals surface area contributed by atoms with Gasteiger partial charge < -0.3 is 10.6 Å². The third-order valence-corrected chi connectivity index (χ3v) is 4.17. The molecule has 7 heteroatoms. The van der Waals surface area contributed by atoms with E-state index in [1.165, 1.54) is 6.07 Å².